The molecule has 0 bridgehead atoms. The van der Waals surface area contributed by atoms with Gasteiger partial charge in [0.2, 0.25) is 0 Å². The van der Waals surface area contributed by atoms with Crippen LogP contribution in [0.2, 0.25) is 0 Å². The molecule has 0 aliphatic carbocycles. The molecule has 2 fully saturated rings. The van der Waals surface area contributed by atoms with Crippen molar-refractivity contribution in [2.45, 2.75) is 71.9 Å². The first-order chi connectivity index (χ1) is 15.5. The summed E-state index contributed by atoms with van der Waals surface area (Å²) in [6.45, 7) is 11.7. The predicted octanol–water partition coefficient (Wildman–Crippen LogP) is 3.30. The Labute approximate surface area is 196 Å². The Hall–Kier alpha value is -2.68. The van der Waals surface area contributed by atoms with Gasteiger partial charge in [-0.1, -0.05) is 6.92 Å². The zero-order valence-electron chi connectivity index (χ0n) is 20.4. The minimum atomic E-state index is -0.655. The van der Waals surface area contributed by atoms with Crippen LogP contribution in [0.15, 0.2) is 12.3 Å². The molecule has 0 unspecified atom stereocenters. The number of carbonyl (C=O) groups is 3. The van der Waals surface area contributed by atoms with Gasteiger partial charge in [0, 0.05) is 12.6 Å². The van der Waals surface area contributed by atoms with Crippen molar-refractivity contribution in [3.05, 3.63) is 17.8 Å². The van der Waals surface area contributed by atoms with Gasteiger partial charge in [0.15, 0.2) is 0 Å². The van der Waals surface area contributed by atoms with Crippen LogP contribution in [0, 0.1) is 18.8 Å². The van der Waals surface area contributed by atoms with E-state index in [9.17, 15) is 14.4 Å². The molecule has 2 aliphatic heterocycles. The first-order valence-electron chi connectivity index (χ1n) is 11.8. The van der Waals surface area contributed by atoms with E-state index >= 15 is 0 Å². The second kappa shape index (κ2) is 10.5. The molecule has 33 heavy (non-hydrogen) atoms. The molecule has 2 atom stereocenters. The third-order valence-corrected chi connectivity index (χ3v) is 6.20. The molecule has 3 N–H and O–H groups in total. The number of aryl methyl sites for hydroxylation is 1. The van der Waals surface area contributed by atoms with Gasteiger partial charge < -0.3 is 20.3 Å². The normalized spacial score (nSPS) is 21.9. The van der Waals surface area contributed by atoms with Gasteiger partial charge >= 0.3 is 17.9 Å². The number of anilines is 2. The predicted molar refractivity (Wildman–Crippen MR) is 127 cm³/mol. The molecule has 0 saturated carbocycles. The number of nitrogens with zero attached hydrogens (tertiary/aromatic N) is 2. The van der Waals surface area contributed by atoms with E-state index in [0.717, 1.165) is 38.8 Å². The van der Waals surface area contributed by atoms with Crippen LogP contribution in [0.5, 0.6) is 0 Å². The van der Waals surface area contributed by atoms with E-state index in [1.165, 1.54) is 6.20 Å². The molecular weight excluding hydrogens is 422 g/mol. The van der Waals surface area contributed by atoms with Gasteiger partial charge in [-0.15, -0.1) is 0 Å². The fourth-order valence-electron chi connectivity index (χ4n) is 4.62. The lowest BCUT2D eigenvalue weighted by molar-refractivity contribution is -0.147. The molecule has 3 rings (SSSR count). The van der Waals surface area contributed by atoms with E-state index in [0.29, 0.717) is 35.4 Å². The van der Waals surface area contributed by atoms with E-state index in [-0.39, 0.29) is 6.04 Å². The van der Waals surface area contributed by atoms with Crippen molar-refractivity contribution in [2.75, 3.05) is 30.3 Å². The number of hydrogen-bond donors (Lipinski definition) is 3. The lowest BCUT2D eigenvalue weighted by Gasteiger charge is -2.43. The van der Waals surface area contributed by atoms with Gasteiger partial charge in [-0.25, -0.2) is 9.78 Å². The van der Waals surface area contributed by atoms with Crippen molar-refractivity contribution in [1.82, 2.24) is 15.2 Å². The summed E-state index contributed by atoms with van der Waals surface area (Å²) in [6.07, 6.45) is 4.90. The molecule has 0 spiro atoms. The highest BCUT2D eigenvalue weighted by molar-refractivity contribution is 6.39. The lowest BCUT2D eigenvalue weighted by atomic mass is 9.82. The Morgan fingerprint density at radius 3 is 2.45 bits per heavy atom. The molecule has 0 radical (unpaired) electrons. The van der Waals surface area contributed by atoms with Gasteiger partial charge in [-0.3, -0.25) is 14.9 Å². The largest absolute Gasteiger partial charge is 0.444 e. The maximum Gasteiger partial charge on any atom is 0.413 e. The maximum atomic E-state index is 13.1. The van der Waals surface area contributed by atoms with Crippen molar-refractivity contribution in [1.29, 1.82) is 0 Å². The third-order valence-electron chi connectivity index (χ3n) is 6.20. The van der Waals surface area contributed by atoms with Crippen LogP contribution in [0.25, 0.3) is 0 Å². The number of piperidine rings is 2. The molecule has 9 heteroatoms. The first-order valence-corrected chi connectivity index (χ1v) is 11.8. The van der Waals surface area contributed by atoms with Crippen LogP contribution in [-0.2, 0) is 14.3 Å². The molecule has 3 heterocycles. The Morgan fingerprint density at radius 1 is 1.12 bits per heavy atom. The third kappa shape index (κ3) is 6.90. The van der Waals surface area contributed by atoms with Crippen LogP contribution in [-0.4, -0.2) is 59.1 Å². The number of rotatable bonds is 3. The van der Waals surface area contributed by atoms with Gasteiger partial charge in [0.1, 0.15) is 11.4 Å². The fourth-order valence-corrected chi connectivity index (χ4v) is 4.62. The molecule has 3 amide bonds. The second-order valence-corrected chi connectivity index (χ2v) is 10.3. The quantitative estimate of drug-likeness (QED) is 0.598. The summed E-state index contributed by atoms with van der Waals surface area (Å²) in [5.41, 5.74) is 0.430. The zero-order chi connectivity index (χ0) is 24.2. The highest BCUT2D eigenvalue weighted by Gasteiger charge is 2.37. The summed E-state index contributed by atoms with van der Waals surface area (Å²) in [5, 5.41) is 8.66. The maximum absolute atomic E-state index is 13.1. The van der Waals surface area contributed by atoms with Crippen LogP contribution in [0.1, 0.15) is 58.9 Å². The number of ether oxygens (including phenoxy) is 1. The van der Waals surface area contributed by atoms with Crippen molar-refractivity contribution in [3.63, 3.8) is 0 Å². The van der Waals surface area contributed by atoms with Crippen LogP contribution >= 0.6 is 0 Å². The van der Waals surface area contributed by atoms with Crippen molar-refractivity contribution < 1.29 is 19.1 Å². The van der Waals surface area contributed by atoms with Crippen molar-refractivity contribution in [2.24, 2.45) is 11.8 Å². The molecule has 1 aromatic rings. The van der Waals surface area contributed by atoms with Gasteiger partial charge in [0.05, 0.1) is 11.9 Å². The first kappa shape index (κ1) is 25.0. The van der Waals surface area contributed by atoms with Crippen LogP contribution in [0.4, 0.5) is 16.3 Å². The highest BCUT2D eigenvalue weighted by atomic mass is 16.6. The number of carbonyl (C=O) groups excluding carboxylic acids is 3. The average Bonchev–Trinajstić information content (AvgIpc) is 2.74. The monoisotopic (exact) mass is 459 g/mol. The van der Waals surface area contributed by atoms with Crippen molar-refractivity contribution in [3.8, 4) is 0 Å². The van der Waals surface area contributed by atoms with Gasteiger partial charge in [-0.2, -0.15) is 0 Å². The van der Waals surface area contributed by atoms with Gasteiger partial charge in [-0.05, 0) is 89.9 Å². The van der Waals surface area contributed by atoms with Crippen LogP contribution in [0.3, 0.4) is 0 Å². The standard InChI is InChI=1S/C24H37N5O4/c1-15-6-7-19(17-8-10-25-11-9-17)29(14-15)22(31)21(30)27-18-12-16(2)20(26-13-18)28-23(32)33-24(3,4)5/h12-13,15,17,19,25H,6-11,14H2,1-5H3,(H,27,30)(H,26,28,32)/t15-,19+/m0/s1. The minimum Gasteiger partial charge on any atom is -0.444 e. The second-order valence-electron chi connectivity index (χ2n) is 10.3. The SMILES string of the molecule is Cc1cc(NC(=O)C(=O)N2C[C@@H](C)CC[C@@H]2C2CCNCC2)cnc1NC(=O)OC(C)(C)C. The van der Waals surface area contributed by atoms with Crippen molar-refractivity contribution >= 4 is 29.4 Å². The number of amides is 3. The van der Waals surface area contributed by atoms with E-state index < -0.39 is 23.5 Å². The van der Waals surface area contributed by atoms with Gasteiger partial charge in [0.25, 0.3) is 0 Å². The Morgan fingerprint density at radius 2 is 1.82 bits per heavy atom. The summed E-state index contributed by atoms with van der Waals surface area (Å²) in [5.74, 6) is -0.000331. The van der Waals surface area contributed by atoms with Crippen LogP contribution < -0.4 is 16.0 Å². The summed E-state index contributed by atoms with van der Waals surface area (Å²) >= 11 is 0. The Balaban J connectivity index is 1.65. The topological polar surface area (TPSA) is 113 Å². The van der Waals surface area contributed by atoms with E-state index in [4.69, 9.17) is 4.74 Å². The number of aromatic nitrogens is 1. The summed E-state index contributed by atoms with van der Waals surface area (Å²) in [6, 6.07) is 1.79. The molecular formula is C24H37N5O4. The summed E-state index contributed by atoms with van der Waals surface area (Å²) in [4.78, 5) is 44.0. The Bertz CT molecular complexity index is 876. The number of nitrogens with one attached hydrogen (secondary N) is 3. The molecule has 0 aromatic carbocycles. The lowest BCUT2D eigenvalue weighted by Crippen LogP contribution is -2.54. The molecule has 9 nitrogen and oxygen atoms in total. The average molecular weight is 460 g/mol. The molecule has 182 valence electrons. The molecule has 1 aromatic heterocycles. The highest BCUT2D eigenvalue weighted by Crippen LogP contribution is 2.31. The summed E-state index contributed by atoms with van der Waals surface area (Å²) < 4.78 is 5.24. The zero-order valence-corrected chi connectivity index (χ0v) is 20.4. The Kier molecular flexibility index (Phi) is 7.94. The van der Waals surface area contributed by atoms with E-state index in [1.54, 1.807) is 38.7 Å². The van der Waals surface area contributed by atoms with E-state index in [1.807, 2.05) is 0 Å². The number of hydrogen-bond acceptors (Lipinski definition) is 6. The van der Waals surface area contributed by atoms with E-state index in [2.05, 4.69) is 27.9 Å². The minimum absolute atomic E-state index is 0.113. The fraction of sp³-hybridized carbons (Fsp3) is 0.667. The number of likely N-dealkylation sites (tertiary alicyclic amines) is 1. The smallest absolute Gasteiger partial charge is 0.413 e. The molecule has 2 saturated heterocycles. The summed E-state index contributed by atoms with van der Waals surface area (Å²) in [7, 11) is 0. The number of pyridine rings is 1. The molecule has 2 aliphatic rings.